The third-order valence-electron chi connectivity index (χ3n) is 6.63. The lowest BCUT2D eigenvalue weighted by molar-refractivity contribution is -0.384. The summed E-state index contributed by atoms with van der Waals surface area (Å²) in [6.07, 6.45) is 2.30. The van der Waals surface area contributed by atoms with E-state index in [1.54, 1.807) is 24.1 Å². The second-order valence-corrected chi connectivity index (χ2v) is 8.95. The normalized spacial score (nSPS) is 27.4. The molecular formula is C23H29N3O6. The molecule has 1 aliphatic carbocycles. The first-order chi connectivity index (χ1) is 15.3. The van der Waals surface area contributed by atoms with E-state index < -0.39 is 11.0 Å². The minimum Gasteiger partial charge on any atom is -0.483 e. The highest BCUT2D eigenvalue weighted by Gasteiger charge is 2.52. The molecule has 4 rings (SSSR count). The van der Waals surface area contributed by atoms with E-state index in [1.807, 2.05) is 19.0 Å². The maximum Gasteiger partial charge on any atom is 0.290 e. The number of nitrogens with zero attached hydrogens (tertiary/aromatic N) is 3. The average molecular weight is 444 g/mol. The summed E-state index contributed by atoms with van der Waals surface area (Å²) in [5.41, 5.74) is 0.834. The van der Waals surface area contributed by atoms with Crippen molar-refractivity contribution in [2.45, 2.75) is 43.9 Å². The van der Waals surface area contributed by atoms with Gasteiger partial charge in [0.1, 0.15) is 6.10 Å². The predicted molar refractivity (Wildman–Crippen MR) is 116 cm³/mol. The van der Waals surface area contributed by atoms with E-state index in [2.05, 4.69) is 0 Å². The summed E-state index contributed by atoms with van der Waals surface area (Å²) in [5, 5.41) is 11.4. The van der Waals surface area contributed by atoms with E-state index in [4.69, 9.17) is 9.47 Å². The number of hydrogen-bond acceptors (Lipinski definition) is 7. The van der Waals surface area contributed by atoms with Gasteiger partial charge in [0.2, 0.25) is 0 Å². The van der Waals surface area contributed by atoms with Crippen molar-refractivity contribution in [3.63, 3.8) is 0 Å². The summed E-state index contributed by atoms with van der Waals surface area (Å²) in [4.78, 5) is 41.6. The highest BCUT2D eigenvalue weighted by Crippen LogP contribution is 2.47. The Morgan fingerprint density at radius 1 is 1.28 bits per heavy atom. The summed E-state index contributed by atoms with van der Waals surface area (Å²) in [5.74, 6) is -0.613. The highest BCUT2D eigenvalue weighted by atomic mass is 16.6. The molecule has 0 saturated heterocycles. The number of non-ortho nitro benzene ring substituents is 1. The third kappa shape index (κ3) is 4.02. The second-order valence-electron chi connectivity index (χ2n) is 8.95. The molecule has 0 radical (unpaired) electrons. The van der Waals surface area contributed by atoms with Gasteiger partial charge in [-0.15, -0.1) is 0 Å². The van der Waals surface area contributed by atoms with Gasteiger partial charge >= 0.3 is 0 Å². The lowest BCUT2D eigenvalue weighted by Gasteiger charge is -2.38. The van der Waals surface area contributed by atoms with E-state index in [9.17, 15) is 19.7 Å². The second kappa shape index (κ2) is 8.99. The minimum absolute atomic E-state index is 0.00599. The van der Waals surface area contributed by atoms with Gasteiger partial charge in [0.15, 0.2) is 11.5 Å². The first kappa shape index (κ1) is 22.4. The lowest BCUT2D eigenvalue weighted by Crippen LogP contribution is -2.43. The quantitative estimate of drug-likeness (QED) is 0.471. The average Bonchev–Trinajstić information content (AvgIpc) is 3.05. The van der Waals surface area contributed by atoms with Crippen molar-refractivity contribution in [1.29, 1.82) is 0 Å². The number of fused-ring (bicyclic) bond motifs is 1. The Morgan fingerprint density at radius 3 is 2.75 bits per heavy atom. The molecule has 32 heavy (non-hydrogen) atoms. The number of nitro benzene ring substituents is 1. The van der Waals surface area contributed by atoms with Crippen molar-refractivity contribution >= 4 is 17.4 Å². The first-order valence-electron chi connectivity index (χ1n) is 11.0. The van der Waals surface area contributed by atoms with Crippen LogP contribution in [0.25, 0.3) is 0 Å². The minimum atomic E-state index is -0.673. The number of carbonyl (C=O) groups is 2. The molecule has 3 aliphatic rings. The van der Waals surface area contributed by atoms with E-state index in [0.717, 1.165) is 13.0 Å². The number of ketones is 1. The molecule has 172 valence electrons. The Labute approximate surface area is 187 Å². The van der Waals surface area contributed by atoms with Crippen LogP contribution in [0, 0.1) is 16.0 Å². The summed E-state index contributed by atoms with van der Waals surface area (Å²) in [6.45, 7) is 1.19. The Bertz CT molecular complexity index is 959. The van der Waals surface area contributed by atoms with Crippen LogP contribution >= 0.6 is 0 Å². The molecule has 9 nitrogen and oxygen atoms in total. The van der Waals surface area contributed by atoms with Gasteiger partial charge in [-0.2, -0.15) is 0 Å². The topological polar surface area (TPSA) is 102 Å². The molecule has 4 unspecified atom stereocenters. The molecule has 1 amide bonds. The highest BCUT2D eigenvalue weighted by molar-refractivity contribution is 6.11. The van der Waals surface area contributed by atoms with E-state index in [1.165, 1.54) is 12.1 Å². The van der Waals surface area contributed by atoms with Crippen LogP contribution in [-0.2, 0) is 19.1 Å². The first-order valence-corrected chi connectivity index (χ1v) is 11.0. The fourth-order valence-electron chi connectivity index (χ4n) is 5.03. The molecule has 2 aliphatic heterocycles. The zero-order valence-electron chi connectivity index (χ0n) is 18.7. The van der Waals surface area contributed by atoms with Crippen molar-refractivity contribution in [3.05, 3.63) is 51.3 Å². The number of rotatable bonds is 7. The standard InChI is InChI=1S/C23H29N3O6/c1-24(2)10-5-11-25-20(14-6-4-7-15(12-14)26(29)30)19-21(27)17-9-8-16(31-3)13-18(17)32-22(19)23(25)28/h4,6-7,12,16-18,20H,5,8-11,13H2,1-3H3. The van der Waals surface area contributed by atoms with Crippen LogP contribution in [-0.4, -0.2) is 72.9 Å². The van der Waals surface area contributed by atoms with Crippen molar-refractivity contribution in [1.82, 2.24) is 9.80 Å². The van der Waals surface area contributed by atoms with Gasteiger partial charge in [0.05, 0.1) is 28.6 Å². The van der Waals surface area contributed by atoms with Crippen LogP contribution in [0.15, 0.2) is 35.6 Å². The zero-order chi connectivity index (χ0) is 23.0. The zero-order valence-corrected chi connectivity index (χ0v) is 18.7. The van der Waals surface area contributed by atoms with Gasteiger partial charge in [0.25, 0.3) is 11.6 Å². The van der Waals surface area contributed by atoms with Gasteiger partial charge in [-0.25, -0.2) is 0 Å². The fraction of sp³-hybridized carbons (Fsp3) is 0.565. The number of carbonyl (C=O) groups excluding carboxylic acids is 2. The van der Waals surface area contributed by atoms with Crippen LogP contribution in [0.1, 0.15) is 37.3 Å². The molecule has 9 heteroatoms. The summed E-state index contributed by atoms with van der Waals surface area (Å²) >= 11 is 0. The Morgan fingerprint density at radius 2 is 2.06 bits per heavy atom. The molecule has 0 aromatic heterocycles. The molecule has 1 aromatic rings. The van der Waals surface area contributed by atoms with Crippen LogP contribution in [0.2, 0.25) is 0 Å². The lowest BCUT2D eigenvalue weighted by atomic mass is 9.76. The van der Waals surface area contributed by atoms with Crippen LogP contribution in [0.4, 0.5) is 5.69 Å². The van der Waals surface area contributed by atoms with E-state index in [-0.39, 0.29) is 41.3 Å². The van der Waals surface area contributed by atoms with E-state index >= 15 is 0 Å². The number of methoxy groups -OCH3 is 1. The molecule has 2 heterocycles. The van der Waals surface area contributed by atoms with Gasteiger partial charge in [-0.05, 0) is 45.5 Å². The number of ether oxygens (including phenoxy) is 2. The van der Waals surface area contributed by atoms with Gasteiger partial charge in [-0.3, -0.25) is 19.7 Å². The molecule has 1 fully saturated rings. The SMILES string of the molecule is COC1CCC2C(=O)C3=C(OC2C1)C(=O)N(CCCN(C)C)C3c1cccc([N+](=O)[O-])c1. The Balaban J connectivity index is 1.72. The van der Waals surface area contributed by atoms with Crippen molar-refractivity contribution in [2.75, 3.05) is 34.3 Å². The summed E-state index contributed by atoms with van der Waals surface area (Å²) < 4.78 is 11.6. The number of Topliss-reactive ketones (excluding diaryl/α,β-unsaturated/α-hetero) is 1. The molecule has 0 bridgehead atoms. The predicted octanol–water partition coefficient (Wildman–Crippen LogP) is 2.47. The fourth-order valence-corrected chi connectivity index (χ4v) is 5.03. The molecular weight excluding hydrogens is 414 g/mol. The van der Waals surface area contributed by atoms with Gasteiger partial charge in [-0.1, -0.05) is 12.1 Å². The number of amides is 1. The molecule has 0 N–H and O–H groups in total. The van der Waals surface area contributed by atoms with E-state index in [0.29, 0.717) is 36.9 Å². The third-order valence-corrected chi connectivity index (χ3v) is 6.63. The Kier molecular flexibility index (Phi) is 6.30. The molecule has 1 aromatic carbocycles. The van der Waals surface area contributed by atoms with Crippen molar-refractivity contribution in [2.24, 2.45) is 5.92 Å². The maximum absolute atomic E-state index is 13.6. The van der Waals surface area contributed by atoms with Crippen molar-refractivity contribution in [3.8, 4) is 0 Å². The maximum atomic E-state index is 13.6. The van der Waals surface area contributed by atoms with Crippen LogP contribution < -0.4 is 0 Å². The molecule has 4 atom stereocenters. The summed E-state index contributed by atoms with van der Waals surface area (Å²) in [7, 11) is 5.55. The molecule has 1 saturated carbocycles. The number of benzene rings is 1. The number of hydrogen-bond donors (Lipinski definition) is 0. The monoisotopic (exact) mass is 443 g/mol. The largest absolute Gasteiger partial charge is 0.483 e. The Hall–Kier alpha value is -2.78. The van der Waals surface area contributed by atoms with Crippen LogP contribution in [0.5, 0.6) is 0 Å². The smallest absolute Gasteiger partial charge is 0.290 e. The summed E-state index contributed by atoms with van der Waals surface area (Å²) in [6, 6.07) is 5.52. The number of nitro groups is 1. The van der Waals surface area contributed by atoms with Gasteiger partial charge < -0.3 is 19.3 Å². The van der Waals surface area contributed by atoms with Crippen molar-refractivity contribution < 1.29 is 24.0 Å². The molecule has 0 spiro atoms. The van der Waals surface area contributed by atoms with Gasteiger partial charge in [0, 0.05) is 32.2 Å². The van der Waals surface area contributed by atoms with Crippen LogP contribution in [0.3, 0.4) is 0 Å².